The van der Waals surface area contributed by atoms with E-state index in [-0.39, 0.29) is 5.91 Å². The Morgan fingerprint density at radius 1 is 1.25 bits per heavy atom. The van der Waals surface area contributed by atoms with Gasteiger partial charge in [-0.25, -0.2) is 0 Å². The fourth-order valence-corrected chi connectivity index (χ4v) is 3.19. The van der Waals surface area contributed by atoms with Crippen LogP contribution in [-0.2, 0) is 12.8 Å². The first-order valence-electron chi connectivity index (χ1n) is 7.56. The Kier molecular flexibility index (Phi) is 3.62. The van der Waals surface area contributed by atoms with Crippen molar-refractivity contribution in [2.24, 2.45) is 0 Å². The molecule has 0 bridgehead atoms. The zero-order valence-corrected chi connectivity index (χ0v) is 12.3. The number of fused-ring (bicyclic) bond motifs is 3. The van der Waals surface area contributed by atoms with Crippen molar-refractivity contribution in [3.05, 3.63) is 35.5 Å². The average Bonchev–Trinajstić information content (AvgIpc) is 2.75. The molecule has 0 spiro atoms. The number of nitrogens with zero attached hydrogens (tertiary/aromatic N) is 1. The van der Waals surface area contributed by atoms with Crippen LogP contribution in [0.3, 0.4) is 0 Å². The van der Waals surface area contributed by atoms with Crippen LogP contribution in [0.1, 0.15) is 42.7 Å². The Bertz CT molecular complexity index is 640. The highest BCUT2D eigenvalue weighted by atomic mass is 16.2. The Hall–Kier alpha value is -1.61. The molecule has 106 valence electrons. The third kappa shape index (κ3) is 2.27. The lowest BCUT2D eigenvalue weighted by Crippen LogP contribution is -2.25. The van der Waals surface area contributed by atoms with Gasteiger partial charge in [0.1, 0.15) is 0 Å². The molecule has 3 rings (SSSR count). The molecule has 1 N–H and O–H groups in total. The van der Waals surface area contributed by atoms with E-state index < -0.39 is 0 Å². The molecule has 3 nitrogen and oxygen atoms in total. The van der Waals surface area contributed by atoms with Gasteiger partial charge in [0.25, 0.3) is 0 Å². The van der Waals surface area contributed by atoms with Gasteiger partial charge in [0.15, 0.2) is 0 Å². The minimum absolute atomic E-state index is 0.255. The number of aromatic nitrogens is 1. The van der Waals surface area contributed by atoms with Gasteiger partial charge in [0.2, 0.25) is 5.91 Å². The summed E-state index contributed by atoms with van der Waals surface area (Å²) in [4.78, 5) is 12.2. The summed E-state index contributed by atoms with van der Waals surface area (Å²) in [6, 6.07) is 8.81. The zero-order valence-electron chi connectivity index (χ0n) is 12.3. The molecule has 2 heterocycles. The molecule has 0 saturated carbocycles. The van der Waals surface area contributed by atoms with E-state index in [1.54, 1.807) is 0 Å². The summed E-state index contributed by atoms with van der Waals surface area (Å²) in [5.41, 5.74) is 3.70. The maximum atomic E-state index is 12.2. The first kappa shape index (κ1) is 13.4. The van der Waals surface area contributed by atoms with Crippen LogP contribution in [0.15, 0.2) is 24.3 Å². The third-order valence-electron chi connectivity index (χ3n) is 4.07. The quantitative estimate of drug-likeness (QED) is 0.926. The Morgan fingerprint density at radius 2 is 2.05 bits per heavy atom. The van der Waals surface area contributed by atoms with Gasteiger partial charge in [-0.05, 0) is 37.4 Å². The van der Waals surface area contributed by atoms with Crippen LogP contribution in [-0.4, -0.2) is 23.1 Å². The number of rotatable bonds is 4. The van der Waals surface area contributed by atoms with Crippen LogP contribution in [0.4, 0.5) is 0 Å². The lowest BCUT2D eigenvalue weighted by molar-refractivity contribution is 0.0889. The van der Waals surface area contributed by atoms with Crippen LogP contribution in [0.2, 0.25) is 0 Å². The predicted molar refractivity (Wildman–Crippen MR) is 82.3 cm³/mol. The minimum Gasteiger partial charge on any atom is -0.314 e. The molecule has 3 heteroatoms. The molecular formula is C17H22N2O. The van der Waals surface area contributed by atoms with Gasteiger partial charge in [-0.1, -0.05) is 32.0 Å². The third-order valence-corrected chi connectivity index (χ3v) is 4.07. The summed E-state index contributed by atoms with van der Waals surface area (Å²) in [6.45, 7) is 5.29. The predicted octanol–water partition coefficient (Wildman–Crippen LogP) is 3.16. The van der Waals surface area contributed by atoms with E-state index in [1.807, 2.05) is 10.6 Å². The van der Waals surface area contributed by atoms with E-state index in [0.717, 1.165) is 31.3 Å². The van der Waals surface area contributed by atoms with Crippen molar-refractivity contribution in [1.29, 1.82) is 0 Å². The van der Waals surface area contributed by atoms with E-state index in [9.17, 15) is 4.79 Å². The summed E-state index contributed by atoms with van der Waals surface area (Å²) in [6.07, 6.45) is 3.68. The maximum Gasteiger partial charge on any atom is 0.231 e. The molecule has 0 saturated heterocycles. The summed E-state index contributed by atoms with van der Waals surface area (Å²) in [5, 5.41) is 4.73. The number of hydrogen-bond donors (Lipinski definition) is 1. The number of para-hydroxylation sites is 1. The van der Waals surface area contributed by atoms with E-state index in [1.165, 1.54) is 16.6 Å². The van der Waals surface area contributed by atoms with Gasteiger partial charge in [-0.15, -0.1) is 0 Å². The number of nitrogens with one attached hydrogen (secondary N) is 1. The monoisotopic (exact) mass is 270 g/mol. The number of hydrogen-bond acceptors (Lipinski definition) is 2. The Balaban J connectivity index is 2.04. The van der Waals surface area contributed by atoms with E-state index in [4.69, 9.17) is 0 Å². The van der Waals surface area contributed by atoms with Crippen LogP contribution < -0.4 is 5.32 Å². The standard InChI is InChI=1S/C17H22N2O/c1-12(2)18-11-10-14-13-6-3-4-7-15(13)19-16(14)8-5-9-17(19)20/h3-4,6-7,12,18H,5,8-11H2,1-2H3. The fraction of sp³-hybridized carbons (Fsp3) is 0.471. The molecule has 1 aromatic heterocycles. The van der Waals surface area contributed by atoms with Gasteiger partial charge in [0.05, 0.1) is 5.52 Å². The van der Waals surface area contributed by atoms with Gasteiger partial charge in [0, 0.05) is 23.5 Å². The van der Waals surface area contributed by atoms with E-state index >= 15 is 0 Å². The molecular weight excluding hydrogens is 248 g/mol. The van der Waals surface area contributed by atoms with Crippen molar-refractivity contribution >= 4 is 16.8 Å². The number of carbonyl (C=O) groups excluding carboxylic acids is 1. The summed E-state index contributed by atoms with van der Waals surface area (Å²) >= 11 is 0. The van der Waals surface area contributed by atoms with Crippen molar-refractivity contribution in [1.82, 2.24) is 9.88 Å². The Labute approximate surface area is 120 Å². The Morgan fingerprint density at radius 3 is 2.85 bits per heavy atom. The molecule has 0 amide bonds. The van der Waals surface area contributed by atoms with Crippen LogP contribution >= 0.6 is 0 Å². The molecule has 0 fully saturated rings. The normalized spacial score (nSPS) is 15.1. The largest absolute Gasteiger partial charge is 0.314 e. The lowest BCUT2D eigenvalue weighted by atomic mass is 10.0. The van der Waals surface area contributed by atoms with Crippen molar-refractivity contribution in [2.75, 3.05) is 6.54 Å². The van der Waals surface area contributed by atoms with Crippen LogP contribution in [0.5, 0.6) is 0 Å². The van der Waals surface area contributed by atoms with Crippen molar-refractivity contribution in [2.45, 2.75) is 45.6 Å². The highest BCUT2D eigenvalue weighted by Crippen LogP contribution is 2.30. The first-order chi connectivity index (χ1) is 9.68. The SMILES string of the molecule is CC(C)NCCc1c2n(c3ccccc13)C(=O)CCC2. The van der Waals surface area contributed by atoms with Crippen molar-refractivity contribution in [3.8, 4) is 0 Å². The summed E-state index contributed by atoms with van der Waals surface area (Å²) in [5.74, 6) is 0.255. The van der Waals surface area contributed by atoms with Crippen molar-refractivity contribution in [3.63, 3.8) is 0 Å². The lowest BCUT2D eigenvalue weighted by Gasteiger charge is -2.16. The molecule has 2 aromatic rings. The summed E-state index contributed by atoms with van der Waals surface area (Å²) in [7, 11) is 0. The number of benzene rings is 1. The van der Waals surface area contributed by atoms with Gasteiger partial charge in [-0.3, -0.25) is 9.36 Å². The van der Waals surface area contributed by atoms with E-state index in [2.05, 4.69) is 37.4 Å². The molecule has 20 heavy (non-hydrogen) atoms. The molecule has 1 aliphatic rings. The zero-order chi connectivity index (χ0) is 14.1. The second-order valence-corrected chi connectivity index (χ2v) is 5.88. The second kappa shape index (κ2) is 5.41. The minimum atomic E-state index is 0.255. The molecule has 0 atom stereocenters. The van der Waals surface area contributed by atoms with Gasteiger partial charge in [-0.2, -0.15) is 0 Å². The number of carbonyl (C=O) groups is 1. The highest BCUT2D eigenvalue weighted by Gasteiger charge is 2.23. The highest BCUT2D eigenvalue weighted by molar-refractivity contribution is 5.96. The average molecular weight is 270 g/mol. The smallest absolute Gasteiger partial charge is 0.231 e. The fourth-order valence-electron chi connectivity index (χ4n) is 3.19. The molecule has 0 unspecified atom stereocenters. The maximum absolute atomic E-state index is 12.2. The molecule has 1 aromatic carbocycles. The van der Waals surface area contributed by atoms with Gasteiger partial charge < -0.3 is 5.32 Å². The van der Waals surface area contributed by atoms with E-state index in [0.29, 0.717) is 12.5 Å². The van der Waals surface area contributed by atoms with Crippen molar-refractivity contribution < 1.29 is 4.79 Å². The van der Waals surface area contributed by atoms with Crippen LogP contribution in [0.25, 0.3) is 10.9 Å². The summed E-state index contributed by atoms with van der Waals surface area (Å²) < 4.78 is 1.96. The molecule has 0 radical (unpaired) electrons. The second-order valence-electron chi connectivity index (χ2n) is 5.88. The van der Waals surface area contributed by atoms with Gasteiger partial charge >= 0.3 is 0 Å². The molecule has 1 aliphatic heterocycles. The van der Waals surface area contributed by atoms with Crippen LogP contribution in [0, 0.1) is 0 Å². The first-order valence-corrected chi connectivity index (χ1v) is 7.56. The molecule has 0 aliphatic carbocycles. The topological polar surface area (TPSA) is 34.0 Å².